The zero-order valence-electron chi connectivity index (χ0n) is 21.4. The van der Waals surface area contributed by atoms with Crippen molar-refractivity contribution in [2.45, 2.75) is 64.1 Å². The van der Waals surface area contributed by atoms with E-state index in [1.807, 2.05) is 73.7 Å². The summed E-state index contributed by atoms with van der Waals surface area (Å²) in [6.07, 6.45) is 5.81. The molecular weight excluding hydrogens is 484 g/mol. The highest BCUT2D eigenvalue weighted by atomic mass is 35.5. The lowest BCUT2D eigenvalue weighted by atomic mass is 9.94. The maximum absolute atomic E-state index is 13.8. The van der Waals surface area contributed by atoms with Crippen LogP contribution in [0.25, 0.3) is 0 Å². The zero-order chi connectivity index (χ0) is 26.0. The molecule has 0 aromatic heterocycles. The van der Waals surface area contributed by atoms with Crippen LogP contribution in [0.1, 0.15) is 48.8 Å². The van der Waals surface area contributed by atoms with Gasteiger partial charge < -0.3 is 15.0 Å². The standard InChI is InChI=1S/C31H35ClN2O3/c1-23-12-8-9-15-25(23)21-34(30(35)22-37-29-19-11-10-18-27(29)32)28(20-24-13-4-2-5-14-24)31(36)33-26-16-6-3-7-17-26/h2,4-5,8-15,18-19,26,28H,3,6-7,16-17,20-22H2,1H3,(H,33,36)/t28-/m0/s1. The van der Waals surface area contributed by atoms with Crippen molar-refractivity contribution in [1.82, 2.24) is 10.2 Å². The largest absolute Gasteiger partial charge is 0.482 e. The van der Waals surface area contributed by atoms with Crippen molar-refractivity contribution in [1.29, 1.82) is 0 Å². The van der Waals surface area contributed by atoms with Crippen LogP contribution in [0.2, 0.25) is 5.02 Å². The number of halogens is 1. The van der Waals surface area contributed by atoms with Crippen LogP contribution in [0.3, 0.4) is 0 Å². The summed E-state index contributed by atoms with van der Waals surface area (Å²) in [5.41, 5.74) is 3.07. The molecular formula is C31H35ClN2O3. The van der Waals surface area contributed by atoms with Gasteiger partial charge in [-0.1, -0.05) is 97.6 Å². The van der Waals surface area contributed by atoms with E-state index in [0.717, 1.165) is 42.4 Å². The summed E-state index contributed by atoms with van der Waals surface area (Å²) in [6.45, 7) is 2.12. The lowest BCUT2D eigenvalue weighted by molar-refractivity contribution is -0.143. The fourth-order valence-corrected chi connectivity index (χ4v) is 5.04. The third kappa shape index (κ3) is 7.59. The molecule has 2 amide bonds. The van der Waals surface area contributed by atoms with Crippen molar-refractivity contribution < 1.29 is 14.3 Å². The van der Waals surface area contributed by atoms with Crippen LogP contribution in [0.15, 0.2) is 78.9 Å². The molecule has 0 saturated heterocycles. The lowest BCUT2D eigenvalue weighted by Gasteiger charge is -2.33. The minimum atomic E-state index is -0.675. The molecule has 0 unspecified atom stereocenters. The Hall–Kier alpha value is -3.31. The van der Waals surface area contributed by atoms with Gasteiger partial charge in [-0.05, 0) is 48.6 Å². The fourth-order valence-electron chi connectivity index (χ4n) is 4.85. The highest BCUT2D eigenvalue weighted by molar-refractivity contribution is 6.32. The summed E-state index contributed by atoms with van der Waals surface area (Å²) >= 11 is 6.25. The van der Waals surface area contributed by atoms with Gasteiger partial charge in [-0.25, -0.2) is 0 Å². The number of nitrogens with one attached hydrogen (secondary N) is 1. The van der Waals surface area contributed by atoms with Crippen LogP contribution in [0.5, 0.6) is 5.75 Å². The molecule has 4 rings (SSSR count). The quantitative estimate of drug-likeness (QED) is 0.352. The summed E-state index contributed by atoms with van der Waals surface area (Å²) in [5, 5.41) is 3.70. The number of aryl methyl sites for hydroxylation is 1. The number of rotatable bonds is 10. The first-order valence-electron chi connectivity index (χ1n) is 13.1. The van der Waals surface area contributed by atoms with Gasteiger partial charge in [0.2, 0.25) is 5.91 Å². The highest BCUT2D eigenvalue weighted by Gasteiger charge is 2.32. The molecule has 1 aliphatic carbocycles. The second-order valence-corrected chi connectivity index (χ2v) is 10.1. The maximum Gasteiger partial charge on any atom is 0.261 e. The molecule has 0 aliphatic heterocycles. The SMILES string of the molecule is Cc1ccccc1CN(C(=O)COc1ccccc1Cl)[C@@H](Cc1ccccc1)C(=O)NC1CCCCC1. The maximum atomic E-state index is 13.8. The van der Waals surface area contributed by atoms with E-state index in [2.05, 4.69) is 5.32 Å². The summed E-state index contributed by atoms with van der Waals surface area (Å²) in [4.78, 5) is 29.2. The fraction of sp³-hybridized carbons (Fsp3) is 0.355. The Morgan fingerprint density at radius 1 is 0.946 bits per heavy atom. The predicted molar refractivity (Wildman–Crippen MR) is 148 cm³/mol. The van der Waals surface area contributed by atoms with Crippen LogP contribution in [-0.4, -0.2) is 35.4 Å². The molecule has 3 aromatic rings. The molecule has 37 heavy (non-hydrogen) atoms. The van der Waals surface area contributed by atoms with Crippen molar-refractivity contribution in [2.75, 3.05) is 6.61 Å². The molecule has 0 bridgehead atoms. The Morgan fingerprint density at radius 3 is 2.35 bits per heavy atom. The smallest absolute Gasteiger partial charge is 0.261 e. The van der Waals surface area contributed by atoms with Crippen LogP contribution in [-0.2, 0) is 22.6 Å². The van der Waals surface area contributed by atoms with Gasteiger partial charge in [-0.15, -0.1) is 0 Å². The van der Waals surface area contributed by atoms with Crippen molar-refractivity contribution in [2.24, 2.45) is 0 Å². The first-order valence-corrected chi connectivity index (χ1v) is 13.4. The summed E-state index contributed by atoms with van der Waals surface area (Å²) in [5.74, 6) is 0.0675. The molecule has 6 heteroatoms. The van der Waals surface area contributed by atoms with Crippen LogP contribution < -0.4 is 10.1 Å². The van der Waals surface area contributed by atoms with E-state index < -0.39 is 6.04 Å². The van der Waals surface area contributed by atoms with Crippen LogP contribution >= 0.6 is 11.6 Å². The average molecular weight is 519 g/mol. The molecule has 1 aliphatic rings. The average Bonchev–Trinajstić information content (AvgIpc) is 2.92. The monoisotopic (exact) mass is 518 g/mol. The topological polar surface area (TPSA) is 58.6 Å². The van der Waals surface area contributed by atoms with E-state index in [1.165, 1.54) is 6.42 Å². The van der Waals surface area contributed by atoms with Crippen molar-refractivity contribution in [3.8, 4) is 5.75 Å². The molecule has 1 N–H and O–H groups in total. The van der Waals surface area contributed by atoms with Crippen LogP contribution in [0, 0.1) is 6.92 Å². The predicted octanol–water partition coefficient (Wildman–Crippen LogP) is 6.12. The number of benzene rings is 3. The van der Waals surface area contributed by atoms with Gasteiger partial charge >= 0.3 is 0 Å². The van der Waals surface area contributed by atoms with Crippen molar-refractivity contribution >= 4 is 23.4 Å². The van der Waals surface area contributed by atoms with Crippen molar-refractivity contribution in [3.05, 3.63) is 101 Å². The number of nitrogens with zero attached hydrogens (tertiary/aromatic N) is 1. The first-order chi connectivity index (χ1) is 18.0. The molecule has 0 heterocycles. The molecule has 0 spiro atoms. The molecule has 5 nitrogen and oxygen atoms in total. The Labute approximate surface area is 224 Å². The molecule has 1 atom stereocenters. The summed E-state index contributed by atoms with van der Waals surface area (Å²) < 4.78 is 5.82. The Balaban J connectivity index is 1.62. The van der Waals surface area contributed by atoms with Gasteiger partial charge in [-0.2, -0.15) is 0 Å². The third-order valence-electron chi connectivity index (χ3n) is 7.01. The Morgan fingerprint density at radius 2 is 1.62 bits per heavy atom. The zero-order valence-corrected chi connectivity index (χ0v) is 22.1. The molecule has 1 fully saturated rings. The third-order valence-corrected chi connectivity index (χ3v) is 7.32. The number of hydrogen-bond acceptors (Lipinski definition) is 3. The normalized spacial score (nSPS) is 14.5. The molecule has 3 aromatic carbocycles. The van der Waals surface area contributed by atoms with E-state index in [1.54, 1.807) is 17.0 Å². The number of hydrogen-bond donors (Lipinski definition) is 1. The van der Waals surface area contributed by atoms with Crippen LogP contribution in [0.4, 0.5) is 0 Å². The number of carbonyl (C=O) groups is 2. The minimum Gasteiger partial charge on any atom is -0.482 e. The Bertz CT molecular complexity index is 1180. The van der Waals surface area contributed by atoms with Crippen molar-refractivity contribution in [3.63, 3.8) is 0 Å². The van der Waals surface area contributed by atoms with E-state index >= 15 is 0 Å². The van der Waals surface area contributed by atoms with Gasteiger partial charge in [0.15, 0.2) is 6.61 Å². The Kier molecular flexibility index (Phi) is 9.61. The van der Waals surface area contributed by atoms with E-state index in [9.17, 15) is 9.59 Å². The minimum absolute atomic E-state index is 0.115. The van der Waals surface area contributed by atoms with E-state index in [-0.39, 0.29) is 24.5 Å². The summed E-state index contributed by atoms with van der Waals surface area (Å²) in [7, 11) is 0. The van der Waals surface area contributed by atoms with Gasteiger partial charge in [-0.3, -0.25) is 9.59 Å². The first kappa shape index (κ1) is 26.7. The lowest BCUT2D eigenvalue weighted by Crippen LogP contribution is -2.53. The van der Waals surface area contributed by atoms with Gasteiger partial charge in [0, 0.05) is 19.0 Å². The van der Waals surface area contributed by atoms with E-state index in [0.29, 0.717) is 23.7 Å². The number of amides is 2. The van der Waals surface area contributed by atoms with Gasteiger partial charge in [0.1, 0.15) is 11.8 Å². The molecule has 0 radical (unpaired) electrons. The summed E-state index contributed by atoms with van der Waals surface area (Å²) in [6, 6.07) is 24.4. The number of ether oxygens (including phenoxy) is 1. The second-order valence-electron chi connectivity index (χ2n) is 9.72. The van der Waals surface area contributed by atoms with E-state index in [4.69, 9.17) is 16.3 Å². The highest BCUT2D eigenvalue weighted by Crippen LogP contribution is 2.24. The molecule has 1 saturated carbocycles. The molecule has 194 valence electrons. The van der Waals surface area contributed by atoms with Gasteiger partial charge in [0.25, 0.3) is 5.91 Å². The van der Waals surface area contributed by atoms with Gasteiger partial charge in [0.05, 0.1) is 5.02 Å². The number of para-hydroxylation sites is 1. The second kappa shape index (κ2) is 13.3. The number of carbonyl (C=O) groups excluding carboxylic acids is 2.